The monoisotopic (exact) mass is 358 g/mol. The smallest absolute Gasteiger partial charge is 0.214 e. The van der Waals surface area contributed by atoms with Crippen LogP contribution in [0.25, 0.3) is 5.69 Å². The summed E-state index contributed by atoms with van der Waals surface area (Å²) in [6.07, 6.45) is 0. The molecule has 3 aromatic rings. The molecule has 0 saturated carbocycles. The quantitative estimate of drug-likeness (QED) is 0.477. The van der Waals surface area contributed by atoms with E-state index < -0.39 is 0 Å². The lowest BCUT2D eigenvalue weighted by molar-refractivity contribution is 0.102. The minimum absolute atomic E-state index is 0.0539. The molecule has 1 aromatic heterocycles. The number of ether oxygens (including phenoxy) is 1. The minimum atomic E-state index is -0.380. The van der Waals surface area contributed by atoms with Crippen molar-refractivity contribution >= 4 is 17.5 Å². The maximum atomic E-state index is 13.4. The first-order valence-electron chi connectivity index (χ1n) is 7.60. The van der Waals surface area contributed by atoms with Crippen molar-refractivity contribution in [1.82, 2.24) is 20.2 Å². The molecule has 6 nitrogen and oxygen atoms in total. The fourth-order valence-corrected chi connectivity index (χ4v) is 2.94. The van der Waals surface area contributed by atoms with Gasteiger partial charge in [0.2, 0.25) is 5.16 Å². The van der Waals surface area contributed by atoms with Crippen molar-refractivity contribution in [3.05, 3.63) is 59.9 Å². The van der Waals surface area contributed by atoms with E-state index in [9.17, 15) is 9.18 Å². The highest BCUT2D eigenvalue weighted by Gasteiger charge is 2.13. The van der Waals surface area contributed by atoms with E-state index >= 15 is 0 Å². The maximum absolute atomic E-state index is 13.4. The van der Waals surface area contributed by atoms with Gasteiger partial charge in [-0.2, -0.15) is 4.68 Å². The average Bonchev–Trinajstić information content (AvgIpc) is 3.09. The molecule has 128 valence electrons. The summed E-state index contributed by atoms with van der Waals surface area (Å²) in [7, 11) is 0. The number of hydrogen-bond donors (Lipinski definition) is 0. The molecule has 0 N–H and O–H groups in total. The molecule has 0 radical (unpaired) electrons. The average molecular weight is 358 g/mol. The highest BCUT2D eigenvalue weighted by Crippen LogP contribution is 2.20. The molecule has 0 bridgehead atoms. The fraction of sp³-hybridized carbons (Fsp3) is 0.176. The summed E-state index contributed by atoms with van der Waals surface area (Å²) < 4.78 is 20.1. The Morgan fingerprint density at radius 2 is 2.04 bits per heavy atom. The van der Waals surface area contributed by atoms with Crippen LogP contribution in [0.1, 0.15) is 17.3 Å². The van der Waals surface area contributed by atoms with Gasteiger partial charge in [0.15, 0.2) is 5.78 Å². The van der Waals surface area contributed by atoms with Crippen LogP contribution in [0.5, 0.6) is 5.75 Å². The van der Waals surface area contributed by atoms with Crippen molar-refractivity contribution in [1.29, 1.82) is 0 Å². The van der Waals surface area contributed by atoms with Crippen molar-refractivity contribution in [2.45, 2.75) is 12.1 Å². The summed E-state index contributed by atoms with van der Waals surface area (Å²) in [4.78, 5) is 12.3. The number of halogens is 1. The molecule has 2 aromatic carbocycles. The van der Waals surface area contributed by atoms with Crippen LogP contribution in [0, 0.1) is 5.82 Å². The Morgan fingerprint density at radius 1 is 1.24 bits per heavy atom. The number of Topliss-reactive ketones (excluding diaryl/α,β-unsaturated/α-hetero) is 1. The van der Waals surface area contributed by atoms with Gasteiger partial charge in [0, 0.05) is 5.56 Å². The number of thioether (sulfide) groups is 1. The van der Waals surface area contributed by atoms with Gasteiger partial charge in [-0.1, -0.05) is 17.8 Å². The van der Waals surface area contributed by atoms with Crippen LogP contribution in [0.3, 0.4) is 0 Å². The van der Waals surface area contributed by atoms with Crippen molar-refractivity contribution in [3.8, 4) is 11.4 Å². The molecular weight excluding hydrogens is 343 g/mol. The van der Waals surface area contributed by atoms with Crippen molar-refractivity contribution in [2.24, 2.45) is 0 Å². The lowest BCUT2D eigenvalue weighted by atomic mass is 10.1. The molecule has 8 heteroatoms. The second kappa shape index (κ2) is 7.89. The third kappa shape index (κ3) is 4.21. The van der Waals surface area contributed by atoms with E-state index in [1.54, 1.807) is 36.4 Å². The predicted octanol–water partition coefficient (Wildman–Crippen LogP) is 3.18. The molecule has 0 atom stereocenters. The number of benzene rings is 2. The molecule has 3 rings (SSSR count). The summed E-state index contributed by atoms with van der Waals surface area (Å²) in [6, 6.07) is 12.9. The van der Waals surface area contributed by atoms with Crippen molar-refractivity contribution in [3.63, 3.8) is 0 Å². The second-order valence-electron chi connectivity index (χ2n) is 5.02. The third-order valence-electron chi connectivity index (χ3n) is 3.31. The van der Waals surface area contributed by atoms with Gasteiger partial charge in [-0.15, -0.1) is 5.10 Å². The van der Waals surface area contributed by atoms with Crippen molar-refractivity contribution < 1.29 is 13.9 Å². The number of tetrazole rings is 1. The molecule has 0 amide bonds. The molecule has 0 aliphatic carbocycles. The van der Waals surface area contributed by atoms with Gasteiger partial charge in [0.1, 0.15) is 11.6 Å². The molecule has 25 heavy (non-hydrogen) atoms. The number of nitrogens with zero attached hydrogens (tertiary/aromatic N) is 4. The second-order valence-corrected chi connectivity index (χ2v) is 5.96. The Morgan fingerprint density at radius 3 is 2.76 bits per heavy atom. The number of carbonyl (C=O) groups excluding carboxylic acids is 1. The van der Waals surface area contributed by atoms with E-state index in [2.05, 4.69) is 15.5 Å². The molecule has 1 heterocycles. The van der Waals surface area contributed by atoms with Gasteiger partial charge in [-0.05, 0) is 59.8 Å². The molecule has 0 fully saturated rings. The van der Waals surface area contributed by atoms with Crippen LogP contribution >= 0.6 is 11.8 Å². The molecule has 0 saturated heterocycles. The first-order chi connectivity index (χ1) is 12.2. The summed E-state index contributed by atoms with van der Waals surface area (Å²) in [5.74, 6) is 0.460. The first-order valence-corrected chi connectivity index (χ1v) is 8.59. The SMILES string of the molecule is CCOc1ccc(C(=O)CSc2nnnn2-c2cccc(F)c2)cc1. The highest BCUT2D eigenvalue weighted by atomic mass is 32.2. The van der Waals surface area contributed by atoms with E-state index in [1.807, 2.05) is 6.92 Å². The van der Waals surface area contributed by atoms with Gasteiger partial charge in [-0.3, -0.25) is 4.79 Å². The van der Waals surface area contributed by atoms with Gasteiger partial charge >= 0.3 is 0 Å². The lowest BCUT2D eigenvalue weighted by Crippen LogP contribution is -2.05. The molecule has 0 aliphatic rings. The summed E-state index contributed by atoms with van der Waals surface area (Å²) in [5, 5.41) is 11.8. The van der Waals surface area contributed by atoms with Gasteiger partial charge in [0.05, 0.1) is 18.0 Å². The normalized spacial score (nSPS) is 10.6. The largest absolute Gasteiger partial charge is 0.494 e. The van der Waals surface area contributed by atoms with Crippen molar-refractivity contribution in [2.75, 3.05) is 12.4 Å². The summed E-state index contributed by atoms with van der Waals surface area (Å²) >= 11 is 1.20. The van der Waals surface area contributed by atoms with E-state index in [0.717, 1.165) is 5.75 Å². The zero-order valence-corrected chi connectivity index (χ0v) is 14.2. The van der Waals surface area contributed by atoms with Crippen LogP contribution in [0.2, 0.25) is 0 Å². The van der Waals surface area contributed by atoms with E-state index in [4.69, 9.17) is 4.74 Å². The Kier molecular flexibility index (Phi) is 5.39. The Balaban J connectivity index is 1.68. The molecular formula is C17H15FN4O2S. The van der Waals surface area contributed by atoms with E-state index in [1.165, 1.54) is 28.6 Å². The Hall–Kier alpha value is -2.74. The number of ketones is 1. The van der Waals surface area contributed by atoms with Crippen LogP contribution in [-0.4, -0.2) is 38.4 Å². The number of hydrogen-bond acceptors (Lipinski definition) is 6. The molecule has 0 unspecified atom stereocenters. The van der Waals surface area contributed by atoms with Gasteiger partial charge < -0.3 is 4.74 Å². The van der Waals surface area contributed by atoms with Crippen LogP contribution < -0.4 is 4.74 Å². The van der Waals surface area contributed by atoms with Gasteiger partial charge in [-0.25, -0.2) is 4.39 Å². The number of rotatable bonds is 7. The van der Waals surface area contributed by atoms with E-state index in [-0.39, 0.29) is 17.4 Å². The first kappa shape index (κ1) is 17.1. The number of carbonyl (C=O) groups is 1. The lowest BCUT2D eigenvalue weighted by Gasteiger charge is -2.05. The third-order valence-corrected chi connectivity index (χ3v) is 4.23. The van der Waals surface area contributed by atoms with Crippen LogP contribution in [0.4, 0.5) is 4.39 Å². The van der Waals surface area contributed by atoms with Gasteiger partial charge in [0.25, 0.3) is 0 Å². The minimum Gasteiger partial charge on any atom is -0.494 e. The zero-order chi connectivity index (χ0) is 17.6. The zero-order valence-electron chi connectivity index (χ0n) is 13.4. The van der Waals surface area contributed by atoms with Crippen LogP contribution in [-0.2, 0) is 0 Å². The van der Waals surface area contributed by atoms with E-state index in [0.29, 0.717) is 23.0 Å². The number of aromatic nitrogens is 4. The highest BCUT2D eigenvalue weighted by molar-refractivity contribution is 7.99. The Bertz CT molecular complexity index is 867. The standard InChI is InChI=1S/C17H15FN4O2S/c1-2-24-15-8-6-12(7-9-15)16(23)11-25-17-19-20-21-22(17)14-5-3-4-13(18)10-14/h3-10H,2,11H2,1H3. The maximum Gasteiger partial charge on any atom is 0.214 e. The fourth-order valence-electron chi connectivity index (χ4n) is 2.16. The molecule has 0 spiro atoms. The summed E-state index contributed by atoms with van der Waals surface area (Å²) in [6.45, 7) is 2.48. The Labute approximate surface area is 148 Å². The molecule has 0 aliphatic heterocycles. The summed E-state index contributed by atoms with van der Waals surface area (Å²) in [5.41, 5.74) is 1.08. The topological polar surface area (TPSA) is 69.9 Å². The van der Waals surface area contributed by atoms with Crippen LogP contribution in [0.15, 0.2) is 53.7 Å². The predicted molar refractivity (Wildman–Crippen MR) is 91.8 cm³/mol.